The zero-order valence-electron chi connectivity index (χ0n) is 11.1. The summed E-state index contributed by atoms with van der Waals surface area (Å²) >= 11 is 0. The molecule has 1 saturated heterocycles. The molecule has 2 rings (SSSR count). The van der Waals surface area contributed by atoms with Crippen LogP contribution in [0.1, 0.15) is 11.6 Å². The van der Waals surface area contributed by atoms with Crippen molar-refractivity contribution in [1.29, 1.82) is 5.26 Å². The molecule has 1 N–H and O–H groups in total. The van der Waals surface area contributed by atoms with Gasteiger partial charge in [0.15, 0.2) is 0 Å². The number of rotatable bonds is 5. The molecule has 1 heterocycles. The van der Waals surface area contributed by atoms with Crippen LogP contribution in [0.4, 0.5) is 8.78 Å². The molecule has 1 atom stereocenters. The second-order valence-electron chi connectivity index (χ2n) is 4.64. The van der Waals surface area contributed by atoms with Gasteiger partial charge >= 0.3 is 0 Å². The molecule has 1 unspecified atom stereocenters. The second kappa shape index (κ2) is 7.29. The van der Waals surface area contributed by atoms with Gasteiger partial charge in [-0.25, -0.2) is 8.78 Å². The summed E-state index contributed by atoms with van der Waals surface area (Å²) < 4.78 is 31.7. The zero-order valence-corrected chi connectivity index (χ0v) is 11.1. The van der Waals surface area contributed by atoms with Gasteiger partial charge in [-0.2, -0.15) is 5.26 Å². The lowest BCUT2D eigenvalue weighted by atomic mass is 10.1. The summed E-state index contributed by atoms with van der Waals surface area (Å²) in [5.41, 5.74) is 0.177. The highest BCUT2D eigenvalue weighted by atomic mass is 19.1. The lowest BCUT2D eigenvalue weighted by Crippen LogP contribution is -2.40. The predicted molar refractivity (Wildman–Crippen MR) is 70.0 cm³/mol. The van der Waals surface area contributed by atoms with E-state index in [4.69, 9.17) is 10.00 Å². The van der Waals surface area contributed by atoms with Crippen LogP contribution in [0.2, 0.25) is 0 Å². The largest absolute Gasteiger partial charge is 0.379 e. The van der Waals surface area contributed by atoms with Gasteiger partial charge in [-0.15, -0.1) is 0 Å². The van der Waals surface area contributed by atoms with E-state index in [-0.39, 0.29) is 5.56 Å². The molecule has 0 radical (unpaired) electrons. The first-order valence-electron chi connectivity index (χ1n) is 6.59. The molecule has 4 nitrogen and oxygen atoms in total. The van der Waals surface area contributed by atoms with Crippen molar-refractivity contribution >= 4 is 0 Å². The number of nitrogens with one attached hydrogen (secondary N) is 1. The molecule has 0 aromatic heterocycles. The maximum absolute atomic E-state index is 13.6. The molecule has 0 amide bonds. The van der Waals surface area contributed by atoms with E-state index in [1.807, 2.05) is 6.07 Å². The van der Waals surface area contributed by atoms with E-state index in [2.05, 4.69) is 10.2 Å². The molecule has 1 fully saturated rings. The number of morpholine rings is 1. The molecule has 1 aromatic rings. The Bertz CT molecular complexity index is 484. The Morgan fingerprint density at radius 3 is 2.75 bits per heavy atom. The summed E-state index contributed by atoms with van der Waals surface area (Å²) in [6.07, 6.45) is 0. The van der Waals surface area contributed by atoms with E-state index in [1.165, 1.54) is 6.07 Å². The van der Waals surface area contributed by atoms with Crippen molar-refractivity contribution in [1.82, 2.24) is 10.2 Å². The van der Waals surface area contributed by atoms with E-state index < -0.39 is 17.7 Å². The van der Waals surface area contributed by atoms with Crippen LogP contribution in [0.3, 0.4) is 0 Å². The Morgan fingerprint density at radius 1 is 1.35 bits per heavy atom. The molecule has 0 aliphatic carbocycles. The summed E-state index contributed by atoms with van der Waals surface area (Å²) in [6.45, 7) is 4.50. The first kappa shape index (κ1) is 14.9. The SMILES string of the molecule is N#CC(NCCN1CCOCC1)c1ccc(F)cc1F. The molecular weight excluding hydrogens is 264 g/mol. The van der Waals surface area contributed by atoms with Crippen LogP contribution in [0, 0.1) is 23.0 Å². The van der Waals surface area contributed by atoms with Crippen LogP contribution >= 0.6 is 0 Å². The summed E-state index contributed by atoms with van der Waals surface area (Å²) in [6, 6.07) is 4.49. The average Bonchev–Trinajstić information content (AvgIpc) is 2.46. The lowest BCUT2D eigenvalue weighted by Gasteiger charge is -2.27. The van der Waals surface area contributed by atoms with E-state index in [9.17, 15) is 8.78 Å². The minimum atomic E-state index is -0.767. The fourth-order valence-corrected chi connectivity index (χ4v) is 2.15. The molecule has 0 saturated carbocycles. The van der Waals surface area contributed by atoms with E-state index in [1.54, 1.807) is 0 Å². The Morgan fingerprint density at radius 2 is 2.10 bits per heavy atom. The van der Waals surface area contributed by atoms with Gasteiger partial charge in [0.1, 0.15) is 17.7 Å². The van der Waals surface area contributed by atoms with Gasteiger partial charge in [0.2, 0.25) is 0 Å². The summed E-state index contributed by atoms with van der Waals surface area (Å²) in [4.78, 5) is 2.21. The minimum absolute atomic E-state index is 0.177. The van der Waals surface area contributed by atoms with Crippen molar-refractivity contribution in [2.75, 3.05) is 39.4 Å². The van der Waals surface area contributed by atoms with Crippen LogP contribution in [0.15, 0.2) is 18.2 Å². The van der Waals surface area contributed by atoms with Crippen molar-refractivity contribution in [2.45, 2.75) is 6.04 Å². The Kier molecular flexibility index (Phi) is 5.41. The van der Waals surface area contributed by atoms with Crippen molar-refractivity contribution in [3.05, 3.63) is 35.4 Å². The molecule has 1 aromatic carbocycles. The number of hydrogen-bond donors (Lipinski definition) is 1. The minimum Gasteiger partial charge on any atom is -0.379 e. The van der Waals surface area contributed by atoms with Gasteiger partial charge < -0.3 is 4.74 Å². The fourth-order valence-electron chi connectivity index (χ4n) is 2.15. The standard InChI is InChI=1S/C14H17F2N3O/c15-11-1-2-12(13(16)9-11)14(10-17)18-3-4-19-5-7-20-8-6-19/h1-2,9,14,18H,3-8H2. The molecule has 6 heteroatoms. The van der Waals surface area contributed by atoms with Crippen LogP contribution in [-0.4, -0.2) is 44.3 Å². The molecule has 0 spiro atoms. The molecule has 1 aliphatic heterocycles. The molecule has 0 bridgehead atoms. The maximum Gasteiger partial charge on any atom is 0.131 e. The van der Waals surface area contributed by atoms with E-state index in [0.717, 1.165) is 31.8 Å². The Labute approximate surface area is 116 Å². The molecule has 108 valence electrons. The number of ether oxygens (including phenoxy) is 1. The second-order valence-corrected chi connectivity index (χ2v) is 4.64. The van der Waals surface area contributed by atoms with Crippen LogP contribution < -0.4 is 5.32 Å². The zero-order chi connectivity index (χ0) is 14.4. The number of nitrogens with zero attached hydrogens (tertiary/aromatic N) is 2. The van der Waals surface area contributed by atoms with Gasteiger partial charge in [-0.3, -0.25) is 10.2 Å². The van der Waals surface area contributed by atoms with Gasteiger partial charge in [0, 0.05) is 37.8 Å². The molecule has 20 heavy (non-hydrogen) atoms. The third-order valence-corrected chi connectivity index (χ3v) is 3.28. The van der Waals surface area contributed by atoms with E-state index in [0.29, 0.717) is 19.8 Å². The quantitative estimate of drug-likeness (QED) is 0.887. The van der Waals surface area contributed by atoms with Crippen molar-refractivity contribution in [3.63, 3.8) is 0 Å². The Balaban J connectivity index is 1.87. The van der Waals surface area contributed by atoms with Crippen LogP contribution in [0.25, 0.3) is 0 Å². The third-order valence-electron chi connectivity index (χ3n) is 3.28. The van der Waals surface area contributed by atoms with Crippen LogP contribution in [0.5, 0.6) is 0 Å². The highest BCUT2D eigenvalue weighted by Gasteiger charge is 2.16. The third kappa shape index (κ3) is 3.97. The topological polar surface area (TPSA) is 48.3 Å². The smallest absolute Gasteiger partial charge is 0.131 e. The summed E-state index contributed by atoms with van der Waals surface area (Å²) in [5.74, 6) is -1.34. The van der Waals surface area contributed by atoms with Crippen LogP contribution in [-0.2, 0) is 4.74 Å². The number of halogens is 2. The highest BCUT2D eigenvalue weighted by Crippen LogP contribution is 2.17. The van der Waals surface area contributed by atoms with Gasteiger partial charge in [0.05, 0.1) is 19.3 Å². The first-order chi connectivity index (χ1) is 9.70. The monoisotopic (exact) mass is 281 g/mol. The van der Waals surface area contributed by atoms with Crippen molar-refractivity contribution in [3.8, 4) is 6.07 Å². The van der Waals surface area contributed by atoms with Gasteiger partial charge in [0.25, 0.3) is 0 Å². The average molecular weight is 281 g/mol. The number of hydrogen-bond acceptors (Lipinski definition) is 4. The lowest BCUT2D eigenvalue weighted by molar-refractivity contribution is 0.0383. The summed E-state index contributed by atoms with van der Waals surface area (Å²) in [5, 5.41) is 12.1. The van der Waals surface area contributed by atoms with Crippen molar-refractivity contribution in [2.24, 2.45) is 0 Å². The van der Waals surface area contributed by atoms with Gasteiger partial charge in [-0.1, -0.05) is 6.07 Å². The van der Waals surface area contributed by atoms with Crippen molar-refractivity contribution < 1.29 is 13.5 Å². The Hall–Kier alpha value is -1.55. The van der Waals surface area contributed by atoms with Gasteiger partial charge in [-0.05, 0) is 6.07 Å². The molecular formula is C14H17F2N3O. The first-order valence-corrected chi connectivity index (χ1v) is 6.59. The number of benzene rings is 1. The normalized spacial score (nSPS) is 17.6. The summed E-state index contributed by atoms with van der Waals surface area (Å²) in [7, 11) is 0. The predicted octanol–water partition coefficient (Wildman–Crippen LogP) is 1.45. The van der Waals surface area contributed by atoms with E-state index >= 15 is 0 Å². The molecule has 1 aliphatic rings. The maximum atomic E-state index is 13.6. The number of nitriles is 1. The highest BCUT2D eigenvalue weighted by molar-refractivity contribution is 5.26. The fraction of sp³-hybridized carbons (Fsp3) is 0.500.